The second kappa shape index (κ2) is 6.96. The second-order valence-electron chi connectivity index (χ2n) is 5.17. The first kappa shape index (κ1) is 14.4. The molecule has 22 heavy (non-hydrogen) atoms. The standard InChI is InChI=1S/C19H20N2O/c20-12-13-21-17-8-10-18(11-9-17)22-14-16-6-3-5-15-4-1-2-7-19(15)16/h1-11,21H,12-14,20H2. The molecule has 0 aliphatic rings. The number of ether oxygens (including phenoxy) is 1. The summed E-state index contributed by atoms with van der Waals surface area (Å²) in [5.41, 5.74) is 7.73. The van der Waals surface area contributed by atoms with Gasteiger partial charge in [0.05, 0.1) is 0 Å². The van der Waals surface area contributed by atoms with Crippen LogP contribution in [0.25, 0.3) is 10.8 Å². The molecule has 0 heterocycles. The van der Waals surface area contributed by atoms with Gasteiger partial charge in [0.2, 0.25) is 0 Å². The Bertz CT molecular complexity index is 733. The van der Waals surface area contributed by atoms with Crippen LogP contribution in [0, 0.1) is 0 Å². The monoisotopic (exact) mass is 292 g/mol. The van der Waals surface area contributed by atoms with E-state index in [1.165, 1.54) is 16.3 Å². The van der Waals surface area contributed by atoms with Crippen molar-refractivity contribution < 1.29 is 4.74 Å². The average Bonchev–Trinajstić information content (AvgIpc) is 2.59. The first-order valence-electron chi connectivity index (χ1n) is 7.50. The van der Waals surface area contributed by atoms with E-state index in [0.717, 1.165) is 18.0 Å². The van der Waals surface area contributed by atoms with E-state index in [1.54, 1.807) is 0 Å². The molecule has 0 amide bonds. The molecule has 3 nitrogen and oxygen atoms in total. The summed E-state index contributed by atoms with van der Waals surface area (Å²) < 4.78 is 5.91. The lowest BCUT2D eigenvalue weighted by Gasteiger charge is -2.10. The van der Waals surface area contributed by atoms with Gasteiger partial charge in [-0.25, -0.2) is 0 Å². The molecule has 3 aromatic carbocycles. The molecular formula is C19H20N2O. The first-order valence-corrected chi connectivity index (χ1v) is 7.50. The molecule has 0 saturated carbocycles. The van der Waals surface area contributed by atoms with Crippen LogP contribution in [0.1, 0.15) is 5.56 Å². The number of hydrogen-bond acceptors (Lipinski definition) is 3. The predicted octanol–water partition coefficient (Wildman–Crippen LogP) is 3.79. The lowest BCUT2D eigenvalue weighted by molar-refractivity contribution is 0.308. The van der Waals surface area contributed by atoms with Crippen molar-refractivity contribution in [1.82, 2.24) is 0 Å². The molecule has 3 heteroatoms. The van der Waals surface area contributed by atoms with Crippen LogP contribution in [0.15, 0.2) is 66.7 Å². The molecule has 0 spiro atoms. The van der Waals surface area contributed by atoms with Crippen LogP contribution in [-0.2, 0) is 6.61 Å². The molecular weight excluding hydrogens is 272 g/mol. The number of benzene rings is 3. The smallest absolute Gasteiger partial charge is 0.119 e. The maximum Gasteiger partial charge on any atom is 0.119 e. The van der Waals surface area contributed by atoms with E-state index < -0.39 is 0 Å². The van der Waals surface area contributed by atoms with Crippen molar-refractivity contribution in [3.05, 3.63) is 72.3 Å². The van der Waals surface area contributed by atoms with Crippen molar-refractivity contribution in [2.75, 3.05) is 18.4 Å². The van der Waals surface area contributed by atoms with E-state index in [4.69, 9.17) is 10.5 Å². The third kappa shape index (κ3) is 3.38. The summed E-state index contributed by atoms with van der Waals surface area (Å²) in [7, 11) is 0. The quantitative estimate of drug-likeness (QED) is 0.726. The van der Waals surface area contributed by atoms with Gasteiger partial charge in [0.15, 0.2) is 0 Å². The summed E-state index contributed by atoms with van der Waals surface area (Å²) in [4.78, 5) is 0. The van der Waals surface area contributed by atoms with Crippen LogP contribution in [0.5, 0.6) is 5.75 Å². The first-order chi connectivity index (χ1) is 10.9. The van der Waals surface area contributed by atoms with Gasteiger partial charge in [-0.05, 0) is 40.6 Å². The molecule has 3 aromatic rings. The summed E-state index contributed by atoms with van der Waals surface area (Å²) >= 11 is 0. The highest BCUT2D eigenvalue weighted by Gasteiger charge is 2.01. The normalized spacial score (nSPS) is 10.6. The van der Waals surface area contributed by atoms with Gasteiger partial charge in [-0.15, -0.1) is 0 Å². The highest BCUT2D eigenvalue weighted by molar-refractivity contribution is 5.85. The summed E-state index contributed by atoms with van der Waals surface area (Å²) in [6.45, 7) is 1.96. The molecule has 0 aliphatic carbocycles. The Morgan fingerprint density at radius 1 is 0.864 bits per heavy atom. The molecule has 0 aromatic heterocycles. The highest BCUT2D eigenvalue weighted by Crippen LogP contribution is 2.21. The molecule has 0 fully saturated rings. The van der Waals surface area contributed by atoms with Crippen LogP contribution in [0.3, 0.4) is 0 Å². The molecule has 0 aliphatic heterocycles. The highest BCUT2D eigenvalue weighted by atomic mass is 16.5. The topological polar surface area (TPSA) is 47.3 Å². The van der Waals surface area contributed by atoms with Crippen molar-refractivity contribution in [3.63, 3.8) is 0 Å². The number of rotatable bonds is 6. The maximum absolute atomic E-state index is 5.91. The van der Waals surface area contributed by atoms with Crippen molar-refractivity contribution in [2.24, 2.45) is 5.73 Å². The predicted molar refractivity (Wildman–Crippen MR) is 92.3 cm³/mol. The number of hydrogen-bond donors (Lipinski definition) is 2. The Kier molecular flexibility index (Phi) is 4.56. The molecule has 3 rings (SSSR count). The fourth-order valence-electron chi connectivity index (χ4n) is 2.46. The Labute approximate surface area is 130 Å². The number of nitrogens with two attached hydrogens (primary N) is 1. The van der Waals surface area contributed by atoms with E-state index in [2.05, 4.69) is 47.8 Å². The molecule has 0 saturated heterocycles. The second-order valence-corrected chi connectivity index (χ2v) is 5.17. The summed E-state index contributed by atoms with van der Waals surface area (Å²) in [5.74, 6) is 0.867. The molecule has 0 unspecified atom stereocenters. The van der Waals surface area contributed by atoms with Gasteiger partial charge in [-0.1, -0.05) is 42.5 Å². The van der Waals surface area contributed by atoms with Gasteiger partial charge in [0.25, 0.3) is 0 Å². The van der Waals surface area contributed by atoms with Gasteiger partial charge in [-0.2, -0.15) is 0 Å². The lowest BCUT2D eigenvalue weighted by Crippen LogP contribution is -2.12. The van der Waals surface area contributed by atoms with Crippen molar-refractivity contribution in [1.29, 1.82) is 0 Å². The molecule has 3 N–H and O–H groups in total. The third-order valence-electron chi connectivity index (χ3n) is 3.60. The Morgan fingerprint density at radius 2 is 1.64 bits per heavy atom. The number of fused-ring (bicyclic) bond motifs is 1. The average molecular weight is 292 g/mol. The van der Waals surface area contributed by atoms with E-state index in [1.807, 2.05) is 24.3 Å². The minimum absolute atomic E-state index is 0.566. The van der Waals surface area contributed by atoms with Gasteiger partial charge in [0.1, 0.15) is 12.4 Å². The number of nitrogens with one attached hydrogen (secondary N) is 1. The molecule has 0 radical (unpaired) electrons. The molecule has 112 valence electrons. The SMILES string of the molecule is NCCNc1ccc(OCc2cccc3ccccc23)cc1. The van der Waals surface area contributed by atoms with E-state index >= 15 is 0 Å². The third-order valence-corrected chi connectivity index (χ3v) is 3.60. The zero-order valence-corrected chi connectivity index (χ0v) is 12.5. The van der Waals surface area contributed by atoms with Crippen LogP contribution in [-0.4, -0.2) is 13.1 Å². The van der Waals surface area contributed by atoms with Crippen LogP contribution < -0.4 is 15.8 Å². The zero-order chi connectivity index (χ0) is 15.2. The van der Waals surface area contributed by atoms with Crippen molar-refractivity contribution in [3.8, 4) is 5.75 Å². The van der Waals surface area contributed by atoms with Crippen molar-refractivity contribution in [2.45, 2.75) is 6.61 Å². The maximum atomic E-state index is 5.91. The van der Waals surface area contributed by atoms with Gasteiger partial charge >= 0.3 is 0 Å². The lowest BCUT2D eigenvalue weighted by atomic mass is 10.1. The Hall–Kier alpha value is -2.52. The van der Waals surface area contributed by atoms with Crippen LogP contribution >= 0.6 is 0 Å². The summed E-state index contributed by atoms with van der Waals surface area (Å²) in [6, 6.07) is 22.6. The molecule has 0 atom stereocenters. The van der Waals surface area contributed by atoms with Gasteiger partial charge < -0.3 is 15.8 Å². The number of anilines is 1. The summed E-state index contributed by atoms with van der Waals surface area (Å²) in [6.07, 6.45) is 0. The minimum Gasteiger partial charge on any atom is -0.489 e. The van der Waals surface area contributed by atoms with Crippen molar-refractivity contribution >= 4 is 16.5 Å². The molecule has 0 bridgehead atoms. The van der Waals surface area contributed by atoms with Gasteiger partial charge in [0, 0.05) is 18.8 Å². The minimum atomic E-state index is 0.566. The fraction of sp³-hybridized carbons (Fsp3) is 0.158. The summed E-state index contributed by atoms with van der Waals surface area (Å²) in [5, 5.41) is 5.72. The van der Waals surface area contributed by atoms with Gasteiger partial charge in [-0.3, -0.25) is 0 Å². The largest absolute Gasteiger partial charge is 0.489 e. The Balaban J connectivity index is 1.69. The van der Waals surface area contributed by atoms with Crippen LogP contribution in [0.2, 0.25) is 0 Å². The van der Waals surface area contributed by atoms with E-state index in [-0.39, 0.29) is 0 Å². The van der Waals surface area contributed by atoms with Crippen LogP contribution in [0.4, 0.5) is 5.69 Å². The Morgan fingerprint density at radius 3 is 2.45 bits per heavy atom. The van der Waals surface area contributed by atoms with E-state index in [0.29, 0.717) is 13.2 Å². The zero-order valence-electron chi connectivity index (χ0n) is 12.5. The fourth-order valence-corrected chi connectivity index (χ4v) is 2.46. The van der Waals surface area contributed by atoms with E-state index in [9.17, 15) is 0 Å².